The molecule has 1 saturated heterocycles. The molecule has 212 valence electrons. The first kappa shape index (κ1) is 30.2. The molecular formula is C31H41FN2O5. The number of hydrogen-bond donors (Lipinski definition) is 1. The van der Waals surface area contributed by atoms with E-state index in [0.717, 1.165) is 38.9 Å². The lowest BCUT2D eigenvalue weighted by Crippen LogP contribution is -2.33. The standard InChI is InChI=1S/C31H41FN2O5/c1-5-9-10-20-39-25-17-14-23(21-26(25)38-8-4)28-27(29(35)22-12-15-24(32)16-13-22)30(36)31(37)34(28)19-11-18-33(6-2)7-3/h12-17,21,28,35H,5-11,18-20H2,1-4H3/b29-27+. The second kappa shape index (κ2) is 14.7. The molecule has 2 aromatic carbocycles. The number of aliphatic hydroxyl groups excluding tert-OH is 1. The molecule has 1 amide bonds. The molecule has 0 aromatic heterocycles. The molecule has 1 heterocycles. The summed E-state index contributed by atoms with van der Waals surface area (Å²) in [7, 11) is 0. The maximum atomic E-state index is 13.6. The van der Waals surface area contributed by atoms with E-state index in [2.05, 4.69) is 25.7 Å². The highest BCUT2D eigenvalue weighted by atomic mass is 19.1. The minimum Gasteiger partial charge on any atom is -0.507 e. The Labute approximate surface area is 231 Å². The summed E-state index contributed by atoms with van der Waals surface area (Å²) in [6.45, 7) is 12.0. The monoisotopic (exact) mass is 540 g/mol. The van der Waals surface area contributed by atoms with Gasteiger partial charge in [0.1, 0.15) is 11.6 Å². The minimum absolute atomic E-state index is 0.0199. The van der Waals surface area contributed by atoms with Gasteiger partial charge in [0.05, 0.1) is 24.8 Å². The van der Waals surface area contributed by atoms with Gasteiger partial charge in [0, 0.05) is 12.1 Å². The Morgan fingerprint density at radius 3 is 2.31 bits per heavy atom. The highest BCUT2D eigenvalue weighted by molar-refractivity contribution is 6.46. The summed E-state index contributed by atoms with van der Waals surface area (Å²) in [6.07, 6.45) is 3.74. The van der Waals surface area contributed by atoms with Crippen LogP contribution in [0.25, 0.3) is 5.76 Å². The summed E-state index contributed by atoms with van der Waals surface area (Å²) in [5, 5.41) is 11.2. The number of Topliss-reactive ketones (excluding diaryl/α,β-unsaturated/α-hetero) is 1. The van der Waals surface area contributed by atoms with Crippen LogP contribution in [0.3, 0.4) is 0 Å². The van der Waals surface area contributed by atoms with Crippen LogP contribution in [0.2, 0.25) is 0 Å². The summed E-state index contributed by atoms with van der Waals surface area (Å²) < 4.78 is 25.4. The van der Waals surface area contributed by atoms with Gasteiger partial charge in [-0.15, -0.1) is 0 Å². The van der Waals surface area contributed by atoms with Gasteiger partial charge in [-0.05, 0) is 81.4 Å². The number of likely N-dealkylation sites (tertiary alicyclic amines) is 1. The van der Waals surface area contributed by atoms with Gasteiger partial charge in [-0.3, -0.25) is 9.59 Å². The van der Waals surface area contributed by atoms with Gasteiger partial charge in [-0.25, -0.2) is 4.39 Å². The predicted octanol–water partition coefficient (Wildman–Crippen LogP) is 5.95. The third-order valence-electron chi connectivity index (χ3n) is 7.01. The molecular weight excluding hydrogens is 499 g/mol. The second-order valence-electron chi connectivity index (χ2n) is 9.57. The molecule has 2 aromatic rings. The van der Waals surface area contributed by atoms with E-state index in [1.807, 2.05) is 13.0 Å². The summed E-state index contributed by atoms with van der Waals surface area (Å²) in [4.78, 5) is 30.4. The number of ether oxygens (including phenoxy) is 2. The number of nitrogens with zero attached hydrogens (tertiary/aromatic N) is 2. The van der Waals surface area contributed by atoms with Crippen molar-refractivity contribution in [3.63, 3.8) is 0 Å². The number of carbonyl (C=O) groups is 2. The van der Waals surface area contributed by atoms with Crippen LogP contribution in [0, 0.1) is 5.82 Å². The largest absolute Gasteiger partial charge is 0.507 e. The van der Waals surface area contributed by atoms with Crippen molar-refractivity contribution in [3.05, 3.63) is 65.0 Å². The topological polar surface area (TPSA) is 79.3 Å². The van der Waals surface area contributed by atoms with E-state index in [1.54, 1.807) is 12.1 Å². The van der Waals surface area contributed by atoms with Crippen LogP contribution < -0.4 is 9.47 Å². The van der Waals surface area contributed by atoms with E-state index in [-0.39, 0.29) is 16.9 Å². The van der Waals surface area contributed by atoms with E-state index in [1.165, 1.54) is 29.2 Å². The Hall–Kier alpha value is -3.39. The molecule has 1 aliphatic heterocycles. The Kier molecular flexibility index (Phi) is 11.3. The van der Waals surface area contributed by atoms with Crippen LogP contribution >= 0.6 is 0 Å². The van der Waals surface area contributed by atoms with E-state index in [4.69, 9.17) is 9.47 Å². The Morgan fingerprint density at radius 2 is 1.67 bits per heavy atom. The molecule has 1 unspecified atom stereocenters. The number of amides is 1. The Bertz CT molecular complexity index is 1140. The lowest BCUT2D eigenvalue weighted by atomic mass is 9.95. The Balaban J connectivity index is 2.04. The predicted molar refractivity (Wildman–Crippen MR) is 150 cm³/mol. The molecule has 0 bridgehead atoms. The molecule has 7 nitrogen and oxygen atoms in total. The van der Waals surface area contributed by atoms with Crippen molar-refractivity contribution in [2.45, 2.75) is 59.4 Å². The van der Waals surface area contributed by atoms with Crippen molar-refractivity contribution >= 4 is 17.4 Å². The molecule has 1 atom stereocenters. The van der Waals surface area contributed by atoms with Gasteiger partial charge in [0.25, 0.3) is 11.7 Å². The number of carbonyl (C=O) groups excluding carboxylic acids is 2. The fourth-order valence-corrected chi connectivity index (χ4v) is 4.84. The fourth-order valence-electron chi connectivity index (χ4n) is 4.84. The van der Waals surface area contributed by atoms with Crippen molar-refractivity contribution in [3.8, 4) is 11.5 Å². The van der Waals surface area contributed by atoms with Gasteiger partial charge in [-0.1, -0.05) is 39.7 Å². The van der Waals surface area contributed by atoms with Crippen molar-refractivity contribution < 1.29 is 28.6 Å². The SMILES string of the molecule is CCCCCOc1ccc(C2/C(=C(\O)c3ccc(F)cc3)C(=O)C(=O)N2CCCN(CC)CC)cc1OCC. The quantitative estimate of drug-likeness (QED) is 0.130. The number of hydrogen-bond acceptors (Lipinski definition) is 6. The molecule has 3 rings (SSSR count). The first-order chi connectivity index (χ1) is 18.9. The molecule has 0 radical (unpaired) electrons. The first-order valence-corrected chi connectivity index (χ1v) is 14.0. The van der Waals surface area contributed by atoms with Gasteiger partial charge < -0.3 is 24.4 Å². The van der Waals surface area contributed by atoms with Crippen LogP contribution in [0.15, 0.2) is 48.0 Å². The fraction of sp³-hybridized carbons (Fsp3) is 0.484. The zero-order valence-electron chi connectivity index (χ0n) is 23.5. The normalized spacial score (nSPS) is 16.8. The third kappa shape index (κ3) is 7.38. The average Bonchev–Trinajstić information content (AvgIpc) is 3.19. The molecule has 39 heavy (non-hydrogen) atoms. The van der Waals surface area contributed by atoms with Crippen molar-refractivity contribution in [2.24, 2.45) is 0 Å². The molecule has 1 fully saturated rings. The van der Waals surface area contributed by atoms with Crippen molar-refractivity contribution in [2.75, 3.05) is 39.4 Å². The zero-order valence-corrected chi connectivity index (χ0v) is 23.5. The van der Waals surface area contributed by atoms with Gasteiger partial charge >= 0.3 is 0 Å². The summed E-state index contributed by atoms with van der Waals surface area (Å²) >= 11 is 0. The van der Waals surface area contributed by atoms with Crippen molar-refractivity contribution in [1.82, 2.24) is 9.80 Å². The second-order valence-corrected chi connectivity index (χ2v) is 9.57. The van der Waals surface area contributed by atoms with E-state index in [0.29, 0.717) is 43.2 Å². The molecule has 1 aliphatic rings. The average molecular weight is 541 g/mol. The number of halogens is 1. The third-order valence-corrected chi connectivity index (χ3v) is 7.01. The van der Waals surface area contributed by atoms with Gasteiger partial charge in [0.15, 0.2) is 11.5 Å². The number of ketones is 1. The van der Waals surface area contributed by atoms with Crippen molar-refractivity contribution in [1.29, 1.82) is 0 Å². The van der Waals surface area contributed by atoms with E-state index < -0.39 is 23.5 Å². The molecule has 8 heteroatoms. The molecule has 0 aliphatic carbocycles. The number of benzene rings is 2. The highest BCUT2D eigenvalue weighted by Crippen LogP contribution is 2.42. The number of unbranched alkanes of at least 4 members (excludes halogenated alkanes) is 2. The molecule has 0 spiro atoms. The lowest BCUT2D eigenvalue weighted by molar-refractivity contribution is -0.140. The zero-order chi connectivity index (χ0) is 28.4. The Morgan fingerprint density at radius 1 is 0.949 bits per heavy atom. The first-order valence-electron chi connectivity index (χ1n) is 14.0. The van der Waals surface area contributed by atoms with E-state index >= 15 is 0 Å². The van der Waals surface area contributed by atoms with Crippen LogP contribution in [0.5, 0.6) is 11.5 Å². The minimum atomic E-state index is -0.819. The van der Waals surface area contributed by atoms with Crippen LogP contribution in [0.4, 0.5) is 4.39 Å². The van der Waals surface area contributed by atoms with E-state index in [9.17, 15) is 19.1 Å². The maximum absolute atomic E-state index is 13.6. The smallest absolute Gasteiger partial charge is 0.295 e. The maximum Gasteiger partial charge on any atom is 0.295 e. The van der Waals surface area contributed by atoms with Crippen LogP contribution in [0.1, 0.15) is 70.5 Å². The summed E-state index contributed by atoms with van der Waals surface area (Å²) in [5.74, 6) is -1.11. The van der Waals surface area contributed by atoms with Gasteiger partial charge in [0.2, 0.25) is 0 Å². The summed E-state index contributed by atoms with van der Waals surface area (Å²) in [5.41, 5.74) is 0.877. The van der Waals surface area contributed by atoms with Crippen LogP contribution in [-0.4, -0.2) is 66.0 Å². The van der Waals surface area contributed by atoms with Crippen LogP contribution in [-0.2, 0) is 9.59 Å². The highest BCUT2D eigenvalue weighted by Gasteiger charge is 2.46. The molecule has 1 N–H and O–H groups in total. The lowest BCUT2D eigenvalue weighted by Gasteiger charge is -2.27. The molecule has 0 saturated carbocycles. The van der Waals surface area contributed by atoms with Gasteiger partial charge in [-0.2, -0.15) is 0 Å². The number of aliphatic hydroxyl groups is 1. The number of rotatable bonds is 15. The summed E-state index contributed by atoms with van der Waals surface area (Å²) in [6, 6.07) is 9.78.